The van der Waals surface area contributed by atoms with Crippen molar-refractivity contribution in [3.05, 3.63) is 0 Å². The van der Waals surface area contributed by atoms with Crippen molar-refractivity contribution in [1.29, 1.82) is 0 Å². The van der Waals surface area contributed by atoms with E-state index in [0.29, 0.717) is 6.42 Å². The molecule has 1 rings (SSSR count). The molecule has 0 saturated carbocycles. The van der Waals surface area contributed by atoms with Crippen molar-refractivity contribution in [3.63, 3.8) is 0 Å². The van der Waals surface area contributed by atoms with Crippen LogP contribution in [-0.4, -0.2) is 37.7 Å². The molecule has 1 heterocycles. The summed E-state index contributed by atoms with van der Waals surface area (Å²) >= 11 is 0. The molecule has 0 aromatic carbocycles. The molecule has 0 bridgehead atoms. The molecule has 2 unspecified atom stereocenters. The molecule has 1 aliphatic rings. The molecule has 0 radical (unpaired) electrons. The third-order valence-corrected chi connectivity index (χ3v) is 2.69. The number of hydrogen-bond acceptors (Lipinski definition) is 3. The van der Waals surface area contributed by atoms with Crippen molar-refractivity contribution in [1.82, 2.24) is 10.6 Å². The van der Waals surface area contributed by atoms with E-state index in [9.17, 15) is 4.79 Å². The second kappa shape index (κ2) is 6.80. The molecule has 1 saturated heterocycles. The Labute approximate surface area is 91.8 Å². The molecule has 1 fully saturated rings. The van der Waals surface area contributed by atoms with Crippen LogP contribution in [0.3, 0.4) is 0 Å². The molecular weight excluding hydrogens is 192 g/mol. The Bertz CT molecular complexity index is 191. The summed E-state index contributed by atoms with van der Waals surface area (Å²) in [6.07, 6.45) is 2.94. The zero-order valence-electron chi connectivity index (χ0n) is 9.71. The fourth-order valence-corrected chi connectivity index (χ4v) is 1.79. The zero-order valence-corrected chi connectivity index (χ0v) is 9.71. The smallest absolute Gasteiger partial charge is 0.221 e. The van der Waals surface area contributed by atoms with Gasteiger partial charge in [0.2, 0.25) is 5.91 Å². The van der Waals surface area contributed by atoms with Gasteiger partial charge in [-0.1, -0.05) is 6.92 Å². The number of rotatable bonds is 6. The third-order valence-electron chi connectivity index (χ3n) is 2.69. The van der Waals surface area contributed by atoms with Crippen LogP contribution in [0, 0.1) is 0 Å². The maximum absolute atomic E-state index is 11.5. The van der Waals surface area contributed by atoms with Gasteiger partial charge < -0.3 is 15.4 Å². The van der Waals surface area contributed by atoms with Gasteiger partial charge in [-0.05, 0) is 26.3 Å². The first-order chi connectivity index (χ1) is 7.24. The van der Waals surface area contributed by atoms with Crippen LogP contribution in [0.15, 0.2) is 0 Å². The molecule has 4 heteroatoms. The number of carbonyl (C=O) groups excluding carboxylic acids is 1. The fourth-order valence-electron chi connectivity index (χ4n) is 1.79. The Balaban J connectivity index is 2.13. The van der Waals surface area contributed by atoms with Crippen LogP contribution in [0.4, 0.5) is 0 Å². The number of amides is 1. The first-order valence-electron chi connectivity index (χ1n) is 5.85. The van der Waals surface area contributed by atoms with E-state index in [1.165, 1.54) is 0 Å². The average molecular weight is 214 g/mol. The topological polar surface area (TPSA) is 50.4 Å². The first-order valence-corrected chi connectivity index (χ1v) is 5.85. The van der Waals surface area contributed by atoms with Gasteiger partial charge in [-0.25, -0.2) is 0 Å². The van der Waals surface area contributed by atoms with E-state index in [1.807, 2.05) is 13.8 Å². The molecule has 2 atom stereocenters. The summed E-state index contributed by atoms with van der Waals surface area (Å²) in [6.45, 7) is 6.55. The lowest BCUT2D eigenvalue weighted by atomic mass is 10.1. The summed E-state index contributed by atoms with van der Waals surface area (Å²) < 4.78 is 5.51. The number of ether oxygens (including phenoxy) is 1. The van der Waals surface area contributed by atoms with Crippen LogP contribution in [0.5, 0.6) is 0 Å². The van der Waals surface area contributed by atoms with Crippen LogP contribution >= 0.6 is 0 Å². The summed E-state index contributed by atoms with van der Waals surface area (Å²) in [6, 6.07) is 0.140. The van der Waals surface area contributed by atoms with Crippen molar-refractivity contribution in [2.45, 2.75) is 45.3 Å². The maximum Gasteiger partial charge on any atom is 0.221 e. The van der Waals surface area contributed by atoms with Gasteiger partial charge in [-0.15, -0.1) is 0 Å². The van der Waals surface area contributed by atoms with Gasteiger partial charge >= 0.3 is 0 Å². The lowest BCUT2D eigenvalue weighted by molar-refractivity contribution is -0.122. The maximum atomic E-state index is 11.5. The van der Waals surface area contributed by atoms with E-state index < -0.39 is 0 Å². The molecule has 4 nitrogen and oxygen atoms in total. The molecule has 2 N–H and O–H groups in total. The highest BCUT2D eigenvalue weighted by Crippen LogP contribution is 2.15. The van der Waals surface area contributed by atoms with Crippen LogP contribution in [-0.2, 0) is 9.53 Å². The Morgan fingerprint density at radius 1 is 1.60 bits per heavy atom. The summed E-state index contributed by atoms with van der Waals surface area (Å²) in [5.74, 6) is 0.110. The third kappa shape index (κ3) is 4.62. The normalized spacial score (nSPS) is 22.7. The minimum Gasteiger partial charge on any atom is -0.376 e. The van der Waals surface area contributed by atoms with Crippen molar-refractivity contribution in [2.75, 3.05) is 19.7 Å². The number of carbonyl (C=O) groups is 1. The van der Waals surface area contributed by atoms with Crippen LogP contribution in [0.1, 0.15) is 33.1 Å². The number of hydrogen-bond donors (Lipinski definition) is 2. The second-order valence-electron chi connectivity index (χ2n) is 4.01. The van der Waals surface area contributed by atoms with Gasteiger partial charge in [-0.3, -0.25) is 4.79 Å². The summed E-state index contributed by atoms with van der Waals surface area (Å²) in [7, 11) is 0. The minimum absolute atomic E-state index is 0.110. The van der Waals surface area contributed by atoms with Crippen LogP contribution < -0.4 is 10.6 Å². The lowest BCUT2D eigenvalue weighted by Gasteiger charge is -2.19. The Morgan fingerprint density at radius 2 is 2.40 bits per heavy atom. The molecule has 1 aliphatic heterocycles. The molecule has 88 valence electrons. The van der Waals surface area contributed by atoms with Gasteiger partial charge in [-0.2, -0.15) is 0 Å². The average Bonchev–Trinajstić information content (AvgIpc) is 2.70. The molecule has 0 aromatic heterocycles. The summed E-state index contributed by atoms with van der Waals surface area (Å²) in [4.78, 5) is 11.5. The van der Waals surface area contributed by atoms with Crippen molar-refractivity contribution in [3.8, 4) is 0 Å². The highest BCUT2D eigenvalue weighted by molar-refractivity contribution is 5.76. The van der Waals surface area contributed by atoms with Crippen molar-refractivity contribution < 1.29 is 9.53 Å². The van der Waals surface area contributed by atoms with Crippen LogP contribution in [0.25, 0.3) is 0 Å². The molecular formula is C11H22N2O2. The van der Waals surface area contributed by atoms with Gasteiger partial charge in [0, 0.05) is 19.6 Å². The van der Waals surface area contributed by atoms with E-state index in [2.05, 4.69) is 10.6 Å². The molecule has 0 aliphatic carbocycles. The standard InChI is InChI=1S/C11H22N2O2/c1-3-12-7-6-11(14)13-9(2)10-5-4-8-15-10/h9-10,12H,3-8H2,1-2H3,(H,13,14). The van der Waals surface area contributed by atoms with Gasteiger partial charge in [0.05, 0.1) is 12.1 Å². The van der Waals surface area contributed by atoms with E-state index in [4.69, 9.17) is 4.74 Å². The second-order valence-corrected chi connectivity index (χ2v) is 4.01. The highest BCUT2D eigenvalue weighted by Gasteiger charge is 2.23. The Kier molecular flexibility index (Phi) is 5.65. The number of nitrogens with one attached hydrogen (secondary N) is 2. The quantitative estimate of drug-likeness (QED) is 0.639. The van der Waals surface area contributed by atoms with Gasteiger partial charge in [0.1, 0.15) is 0 Å². The summed E-state index contributed by atoms with van der Waals surface area (Å²) in [5.41, 5.74) is 0. The molecule has 0 spiro atoms. The monoisotopic (exact) mass is 214 g/mol. The van der Waals surface area contributed by atoms with Crippen molar-refractivity contribution in [2.24, 2.45) is 0 Å². The molecule has 1 amide bonds. The Morgan fingerprint density at radius 3 is 3.00 bits per heavy atom. The highest BCUT2D eigenvalue weighted by atomic mass is 16.5. The van der Waals surface area contributed by atoms with E-state index in [0.717, 1.165) is 32.5 Å². The molecule has 15 heavy (non-hydrogen) atoms. The largest absolute Gasteiger partial charge is 0.376 e. The van der Waals surface area contributed by atoms with Crippen molar-refractivity contribution >= 4 is 5.91 Å². The van der Waals surface area contributed by atoms with E-state index in [-0.39, 0.29) is 18.1 Å². The van der Waals surface area contributed by atoms with Gasteiger partial charge in [0.15, 0.2) is 0 Å². The Hall–Kier alpha value is -0.610. The molecule has 0 aromatic rings. The SMILES string of the molecule is CCNCCC(=O)NC(C)C1CCCO1. The first kappa shape index (κ1) is 12.5. The minimum atomic E-state index is 0.110. The van der Waals surface area contributed by atoms with E-state index >= 15 is 0 Å². The fraction of sp³-hybridized carbons (Fsp3) is 0.909. The predicted molar refractivity (Wildman–Crippen MR) is 59.7 cm³/mol. The van der Waals surface area contributed by atoms with Crippen LogP contribution in [0.2, 0.25) is 0 Å². The lowest BCUT2D eigenvalue weighted by Crippen LogP contribution is -2.41. The zero-order chi connectivity index (χ0) is 11.1. The van der Waals surface area contributed by atoms with Gasteiger partial charge in [0.25, 0.3) is 0 Å². The predicted octanol–water partition coefficient (Wildman–Crippen LogP) is 0.670. The summed E-state index contributed by atoms with van der Waals surface area (Å²) in [5, 5.41) is 6.11. The van der Waals surface area contributed by atoms with E-state index in [1.54, 1.807) is 0 Å².